The molecule has 1 aromatic carbocycles. The summed E-state index contributed by atoms with van der Waals surface area (Å²) in [4.78, 5) is 43.8. The van der Waals surface area contributed by atoms with Crippen molar-refractivity contribution in [3.8, 4) is 5.75 Å². The van der Waals surface area contributed by atoms with Gasteiger partial charge in [0, 0.05) is 50.5 Å². The first kappa shape index (κ1) is 22.1. The molecule has 4 rings (SSSR count). The summed E-state index contributed by atoms with van der Waals surface area (Å²) in [5.41, 5.74) is -0.0197. The molecule has 1 spiro atoms. The minimum atomic E-state index is -0.557. The number of likely N-dealkylation sites (tertiary alicyclic amines) is 2. The molecule has 0 radical (unpaired) electrons. The van der Waals surface area contributed by atoms with Crippen LogP contribution in [0, 0.1) is 5.92 Å². The number of halogens is 1. The highest BCUT2D eigenvalue weighted by atomic mass is 35.5. The molecule has 7 nitrogen and oxygen atoms in total. The molecule has 3 aliphatic rings. The van der Waals surface area contributed by atoms with Crippen molar-refractivity contribution >= 4 is 29.2 Å². The fourth-order valence-electron chi connectivity index (χ4n) is 4.87. The van der Waals surface area contributed by atoms with Gasteiger partial charge < -0.3 is 19.4 Å². The summed E-state index contributed by atoms with van der Waals surface area (Å²) in [6, 6.07) is 5.14. The van der Waals surface area contributed by atoms with E-state index < -0.39 is 5.60 Å². The van der Waals surface area contributed by atoms with Gasteiger partial charge in [0.15, 0.2) is 5.78 Å². The number of amides is 2. The van der Waals surface area contributed by atoms with Crippen LogP contribution in [-0.4, -0.2) is 84.7 Å². The number of ketones is 1. The number of hydrogen-bond acceptors (Lipinski definition) is 5. The van der Waals surface area contributed by atoms with Crippen LogP contribution in [0.5, 0.6) is 5.75 Å². The van der Waals surface area contributed by atoms with Gasteiger partial charge in [-0.25, -0.2) is 0 Å². The summed E-state index contributed by atoms with van der Waals surface area (Å²) in [7, 11) is 4.02. The number of carbonyl (C=O) groups excluding carboxylic acids is 3. The number of rotatable bonds is 5. The van der Waals surface area contributed by atoms with Gasteiger partial charge >= 0.3 is 0 Å². The van der Waals surface area contributed by atoms with E-state index in [0.29, 0.717) is 68.2 Å². The van der Waals surface area contributed by atoms with Crippen LogP contribution in [0.15, 0.2) is 18.2 Å². The number of Topliss-reactive ketones (excluding diaryl/α,β-unsaturated/α-hetero) is 1. The zero-order valence-corrected chi connectivity index (χ0v) is 19.0. The van der Waals surface area contributed by atoms with Crippen LogP contribution in [0.25, 0.3) is 0 Å². The van der Waals surface area contributed by atoms with Gasteiger partial charge in [0.2, 0.25) is 11.8 Å². The number of piperidine rings is 1. The van der Waals surface area contributed by atoms with Crippen molar-refractivity contribution in [2.24, 2.45) is 5.92 Å². The highest BCUT2D eigenvalue weighted by Gasteiger charge is 2.45. The second-order valence-corrected chi connectivity index (χ2v) is 9.68. The topological polar surface area (TPSA) is 70.2 Å². The largest absolute Gasteiger partial charge is 0.486 e. The van der Waals surface area contributed by atoms with Crippen molar-refractivity contribution in [2.75, 3.05) is 46.8 Å². The number of fused-ring (bicyclic) bond motifs is 1. The molecule has 0 N–H and O–H groups in total. The average molecular weight is 448 g/mol. The molecule has 3 heterocycles. The van der Waals surface area contributed by atoms with Gasteiger partial charge in [-0.1, -0.05) is 11.6 Å². The summed E-state index contributed by atoms with van der Waals surface area (Å²) in [6.45, 7) is 3.21. The van der Waals surface area contributed by atoms with E-state index >= 15 is 0 Å². The maximum absolute atomic E-state index is 13.1. The van der Waals surface area contributed by atoms with Gasteiger partial charge in [0.1, 0.15) is 11.4 Å². The SMILES string of the molecule is CN(C)CCCN1CC(C(=O)N2CCC3(CC2)CC(=O)c2cc(Cl)ccc2O3)CC1=O. The van der Waals surface area contributed by atoms with Gasteiger partial charge in [-0.3, -0.25) is 14.4 Å². The van der Waals surface area contributed by atoms with E-state index in [1.165, 1.54) is 0 Å². The number of carbonyl (C=O) groups is 3. The molecule has 8 heteroatoms. The van der Waals surface area contributed by atoms with Crippen LogP contribution in [0.2, 0.25) is 5.02 Å². The molecule has 1 unspecified atom stereocenters. The average Bonchev–Trinajstić information content (AvgIpc) is 3.09. The lowest BCUT2D eigenvalue weighted by molar-refractivity contribution is -0.139. The van der Waals surface area contributed by atoms with Crippen molar-refractivity contribution in [3.63, 3.8) is 0 Å². The monoisotopic (exact) mass is 447 g/mol. The maximum Gasteiger partial charge on any atom is 0.227 e. The Kier molecular flexibility index (Phi) is 6.26. The lowest BCUT2D eigenvalue weighted by atomic mass is 9.82. The lowest BCUT2D eigenvalue weighted by Crippen LogP contribution is -2.53. The van der Waals surface area contributed by atoms with Crippen molar-refractivity contribution in [2.45, 2.75) is 37.7 Å². The smallest absolute Gasteiger partial charge is 0.227 e. The van der Waals surface area contributed by atoms with E-state index in [1.807, 2.05) is 23.9 Å². The Hall–Kier alpha value is -2.12. The number of hydrogen-bond donors (Lipinski definition) is 0. The standard InChI is InChI=1S/C23H30ClN3O4/c1-25(2)8-3-9-27-15-16(12-21(27)29)22(30)26-10-6-23(7-11-26)14-19(28)18-13-17(24)4-5-20(18)31-23/h4-5,13,16H,3,6-12,14-15H2,1-2H3. The Bertz CT molecular complexity index is 880. The Morgan fingerprint density at radius 2 is 2.00 bits per heavy atom. The van der Waals surface area contributed by atoms with Gasteiger partial charge in [0.25, 0.3) is 0 Å². The number of benzene rings is 1. The molecule has 0 aliphatic carbocycles. The minimum Gasteiger partial charge on any atom is -0.486 e. The Labute approximate surface area is 188 Å². The van der Waals surface area contributed by atoms with E-state index in [9.17, 15) is 14.4 Å². The zero-order valence-electron chi connectivity index (χ0n) is 18.2. The maximum atomic E-state index is 13.1. The Morgan fingerprint density at radius 3 is 2.71 bits per heavy atom. The summed E-state index contributed by atoms with van der Waals surface area (Å²) in [6.07, 6.45) is 2.74. The summed E-state index contributed by atoms with van der Waals surface area (Å²) < 4.78 is 6.25. The van der Waals surface area contributed by atoms with E-state index in [4.69, 9.17) is 16.3 Å². The van der Waals surface area contributed by atoms with Crippen molar-refractivity contribution in [1.82, 2.24) is 14.7 Å². The van der Waals surface area contributed by atoms with Gasteiger partial charge in [-0.05, 0) is 45.3 Å². The third-order valence-electron chi connectivity index (χ3n) is 6.63. The van der Waals surface area contributed by atoms with Crippen LogP contribution < -0.4 is 4.74 Å². The first-order valence-corrected chi connectivity index (χ1v) is 11.4. The van der Waals surface area contributed by atoms with Crippen molar-refractivity contribution < 1.29 is 19.1 Å². The van der Waals surface area contributed by atoms with E-state index in [-0.39, 0.29) is 23.5 Å². The first-order chi connectivity index (χ1) is 14.8. The lowest BCUT2D eigenvalue weighted by Gasteiger charge is -2.44. The van der Waals surface area contributed by atoms with Crippen molar-refractivity contribution in [3.05, 3.63) is 28.8 Å². The van der Waals surface area contributed by atoms with Crippen LogP contribution in [0.3, 0.4) is 0 Å². The molecular formula is C23H30ClN3O4. The fourth-order valence-corrected chi connectivity index (χ4v) is 5.04. The molecule has 1 atom stereocenters. The van der Waals surface area contributed by atoms with E-state index in [0.717, 1.165) is 13.0 Å². The molecule has 2 fully saturated rings. The van der Waals surface area contributed by atoms with Gasteiger partial charge in [0.05, 0.1) is 17.9 Å². The van der Waals surface area contributed by atoms with Crippen LogP contribution in [0.1, 0.15) is 42.5 Å². The molecule has 0 saturated carbocycles. The Morgan fingerprint density at radius 1 is 1.26 bits per heavy atom. The molecule has 2 amide bonds. The molecule has 2 saturated heterocycles. The molecule has 31 heavy (non-hydrogen) atoms. The van der Waals surface area contributed by atoms with E-state index in [2.05, 4.69) is 4.90 Å². The molecular weight excluding hydrogens is 418 g/mol. The van der Waals surface area contributed by atoms with Crippen LogP contribution in [0.4, 0.5) is 0 Å². The second-order valence-electron chi connectivity index (χ2n) is 9.25. The minimum absolute atomic E-state index is 0.0401. The predicted octanol–water partition coefficient (Wildman–Crippen LogP) is 2.47. The summed E-state index contributed by atoms with van der Waals surface area (Å²) in [5, 5.41) is 0.522. The first-order valence-electron chi connectivity index (χ1n) is 11.0. The van der Waals surface area contributed by atoms with Gasteiger partial charge in [-0.2, -0.15) is 0 Å². The second kappa shape index (κ2) is 8.79. The summed E-state index contributed by atoms with van der Waals surface area (Å²) >= 11 is 6.02. The highest BCUT2D eigenvalue weighted by Crippen LogP contribution is 2.40. The van der Waals surface area contributed by atoms with Crippen LogP contribution in [-0.2, 0) is 9.59 Å². The third kappa shape index (κ3) is 4.72. The quantitative estimate of drug-likeness (QED) is 0.693. The van der Waals surface area contributed by atoms with Crippen molar-refractivity contribution in [1.29, 1.82) is 0 Å². The third-order valence-corrected chi connectivity index (χ3v) is 6.87. The number of ether oxygens (including phenoxy) is 1. The normalized spacial score (nSPS) is 22.8. The molecule has 1 aromatic rings. The number of nitrogens with zero attached hydrogens (tertiary/aromatic N) is 3. The molecule has 0 bridgehead atoms. The predicted molar refractivity (Wildman–Crippen MR) is 117 cm³/mol. The zero-order chi connectivity index (χ0) is 22.2. The van der Waals surface area contributed by atoms with Crippen LogP contribution >= 0.6 is 11.6 Å². The molecule has 0 aromatic heterocycles. The molecule has 3 aliphatic heterocycles. The fraction of sp³-hybridized carbons (Fsp3) is 0.609. The molecule has 168 valence electrons. The van der Waals surface area contributed by atoms with Gasteiger partial charge in [-0.15, -0.1) is 0 Å². The Balaban J connectivity index is 1.33. The van der Waals surface area contributed by atoms with E-state index in [1.54, 1.807) is 18.2 Å². The summed E-state index contributed by atoms with van der Waals surface area (Å²) in [5.74, 6) is 0.473. The highest BCUT2D eigenvalue weighted by molar-refractivity contribution is 6.31.